The van der Waals surface area contributed by atoms with E-state index in [0.717, 1.165) is 44.0 Å². The fourth-order valence-electron chi connectivity index (χ4n) is 9.93. The standard InChI is InChI=1S/C56H34N4/c1-2-18-36(19-3-1)53-44-28-10-13-29-49(44)57-56(58-53)60-52-31-15-12-25-41(52)48-34-46(39-23-7-9-27-43(39)55(48)60)45-33-47-40-24-11-14-30-51(40)59(54(47)42-26-8-6-22-38(42)45)50-32-16-20-35-17-4-5-21-37(35)50/h1-34H. The van der Waals surface area contributed by atoms with Gasteiger partial charge in [-0.05, 0) is 63.7 Å². The lowest BCUT2D eigenvalue weighted by Gasteiger charge is -2.16. The van der Waals surface area contributed by atoms with E-state index in [4.69, 9.17) is 9.97 Å². The van der Waals surface area contributed by atoms with Crippen LogP contribution in [0.4, 0.5) is 0 Å². The van der Waals surface area contributed by atoms with Gasteiger partial charge in [-0.1, -0.05) is 170 Å². The molecule has 3 heterocycles. The largest absolute Gasteiger partial charge is 0.308 e. The molecule has 0 aliphatic carbocycles. The molecule has 0 unspecified atom stereocenters. The summed E-state index contributed by atoms with van der Waals surface area (Å²) in [4.78, 5) is 10.7. The number of fused-ring (bicyclic) bond motifs is 12. The first-order valence-corrected chi connectivity index (χ1v) is 20.5. The van der Waals surface area contributed by atoms with Gasteiger partial charge >= 0.3 is 0 Å². The number of rotatable bonds is 4. The fraction of sp³-hybridized carbons (Fsp3) is 0. The second kappa shape index (κ2) is 12.7. The first-order chi connectivity index (χ1) is 29.8. The van der Waals surface area contributed by atoms with Crippen molar-refractivity contribution in [2.75, 3.05) is 0 Å². The molecular weight excluding hydrogens is 729 g/mol. The lowest BCUT2D eigenvalue weighted by molar-refractivity contribution is 1.02. The third-order valence-corrected chi connectivity index (χ3v) is 12.5. The Labute approximate surface area is 344 Å². The van der Waals surface area contributed by atoms with Crippen LogP contribution in [0.2, 0.25) is 0 Å². The maximum Gasteiger partial charge on any atom is 0.235 e. The van der Waals surface area contributed by atoms with Gasteiger partial charge in [-0.2, -0.15) is 0 Å². The summed E-state index contributed by atoms with van der Waals surface area (Å²) in [5.41, 5.74) is 11.1. The number of hydrogen-bond donors (Lipinski definition) is 0. The molecule has 0 aliphatic rings. The minimum atomic E-state index is 0.657. The fourth-order valence-corrected chi connectivity index (χ4v) is 9.93. The molecule has 0 saturated heterocycles. The summed E-state index contributed by atoms with van der Waals surface area (Å²) >= 11 is 0. The van der Waals surface area contributed by atoms with Crippen LogP contribution in [-0.2, 0) is 0 Å². The molecule has 60 heavy (non-hydrogen) atoms. The van der Waals surface area contributed by atoms with Crippen molar-refractivity contribution in [1.29, 1.82) is 0 Å². The van der Waals surface area contributed by atoms with Crippen LogP contribution in [0.25, 0.3) is 121 Å². The zero-order valence-corrected chi connectivity index (χ0v) is 32.4. The Kier molecular flexibility index (Phi) is 6.98. The highest BCUT2D eigenvalue weighted by Crippen LogP contribution is 2.46. The monoisotopic (exact) mass is 762 g/mol. The topological polar surface area (TPSA) is 35.6 Å². The van der Waals surface area contributed by atoms with Crippen LogP contribution in [0.5, 0.6) is 0 Å². The van der Waals surface area contributed by atoms with E-state index < -0.39 is 0 Å². The second-order valence-corrected chi connectivity index (χ2v) is 15.7. The molecule has 0 bridgehead atoms. The highest BCUT2D eigenvalue weighted by Gasteiger charge is 2.24. The lowest BCUT2D eigenvalue weighted by atomic mass is 9.90. The molecule has 0 atom stereocenters. The van der Waals surface area contributed by atoms with Crippen molar-refractivity contribution < 1.29 is 0 Å². The second-order valence-electron chi connectivity index (χ2n) is 15.7. The molecule has 13 rings (SSSR count). The van der Waals surface area contributed by atoms with Gasteiger partial charge in [0.1, 0.15) is 0 Å². The van der Waals surface area contributed by atoms with E-state index in [0.29, 0.717) is 5.95 Å². The maximum atomic E-state index is 5.40. The van der Waals surface area contributed by atoms with Gasteiger partial charge in [0.15, 0.2) is 0 Å². The molecule has 0 spiro atoms. The average Bonchev–Trinajstić information content (AvgIpc) is 3.84. The van der Waals surface area contributed by atoms with E-state index in [1.807, 2.05) is 0 Å². The van der Waals surface area contributed by atoms with E-state index in [9.17, 15) is 0 Å². The van der Waals surface area contributed by atoms with E-state index >= 15 is 0 Å². The molecule has 0 fully saturated rings. The van der Waals surface area contributed by atoms with Crippen LogP contribution in [-0.4, -0.2) is 19.1 Å². The molecule has 0 aliphatic heterocycles. The summed E-state index contributed by atoms with van der Waals surface area (Å²) in [5.74, 6) is 0.657. The minimum absolute atomic E-state index is 0.657. The Morgan fingerprint density at radius 3 is 1.47 bits per heavy atom. The van der Waals surface area contributed by atoms with Crippen LogP contribution in [0.3, 0.4) is 0 Å². The number of nitrogens with zero attached hydrogens (tertiary/aromatic N) is 4. The zero-order valence-electron chi connectivity index (χ0n) is 32.4. The van der Waals surface area contributed by atoms with Crippen molar-refractivity contribution in [1.82, 2.24) is 19.1 Å². The Hall–Kier alpha value is -8.08. The number of hydrogen-bond acceptors (Lipinski definition) is 2. The Bertz CT molecular complexity index is 3890. The van der Waals surface area contributed by atoms with Crippen molar-refractivity contribution >= 4 is 86.8 Å². The summed E-state index contributed by atoms with van der Waals surface area (Å²) in [6.45, 7) is 0. The molecule has 278 valence electrons. The first-order valence-electron chi connectivity index (χ1n) is 20.5. The molecule has 0 N–H and O–H groups in total. The van der Waals surface area contributed by atoms with Crippen molar-refractivity contribution in [2.24, 2.45) is 0 Å². The van der Waals surface area contributed by atoms with Crippen molar-refractivity contribution in [3.8, 4) is 34.0 Å². The molecule has 4 nitrogen and oxygen atoms in total. The van der Waals surface area contributed by atoms with Gasteiger partial charge in [0.05, 0.1) is 39.0 Å². The van der Waals surface area contributed by atoms with Gasteiger partial charge in [-0.15, -0.1) is 0 Å². The van der Waals surface area contributed by atoms with Gasteiger partial charge < -0.3 is 4.57 Å². The Balaban J connectivity index is 1.15. The summed E-state index contributed by atoms with van der Waals surface area (Å²) < 4.78 is 4.77. The van der Waals surface area contributed by atoms with E-state index in [-0.39, 0.29) is 0 Å². The van der Waals surface area contributed by atoms with Crippen LogP contribution in [0, 0.1) is 0 Å². The van der Waals surface area contributed by atoms with Crippen LogP contribution >= 0.6 is 0 Å². The van der Waals surface area contributed by atoms with Gasteiger partial charge in [0, 0.05) is 48.7 Å². The van der Waals surface area contributed by atoms with E-state index in [1.54, 1.807) is 0 Å². The molecule has 0 radical (unpaired) electrons. The van der Waals surface area contributed by atoms with Gasteiger partial charge in [-0.3, -0.25) is 4.57 Å². The highest BCUT2D eigenvalue weighted by molar-refractivity contribution is 6.27. The number of para-hydroxylation sites is 3. The highest BCUT2D eigenvalue weighted by atomic mass is 15.2. The number of benzene rings is 10. The Morgan fingerprint density at radius 2 is 0.800 bits per heavy atom. The third kappa shape index (κ3) is 4.67. The van der Waals surface area contributed by atoms with Crippen LogP contribution in [0.1, 0.15) is 0 Å². The molecule has 4 heteroatoms. The summed E-state index contributed by atoms with van der Waals surface area (Å²) in [6.07, 6.45) is 0. The van der Waals surface area contributed by atoms with E-state index in [2.05, 4.69) is 215 Å². The molecule has 0 amide bonds. The number of aromatic nitrogens is 4. The van der Waals surface area contributed by atoms with Crippen LogP contribution in [0.15, 0.2) is 206 Å². The van der Waals surface area contributed by atoms with Crippen molar-refractivity contribution in [3.05, 3.63) is 206 Å². The predicted octanol–water partition coefficient (Wildman–Crippen LogP) is 14.6. The molecular formula is C56H34N4. The zero-order chi connectivity index (χ0) is 39.3. The third-order valence-electron chi connectivity index (χ3n) is 12.5. The summed E-state index contributed by atoms with van der Waals surface area (Å²) in [7, 11) is 0. The average molecular weight is 763 g/mol. The van der Waals surface area contributed by atoms with Gasteiger partial charge in [-0.25, -0.2) is 9.97 Å². The maximum absolute atomic E-state index is 5.40. The van der Waals surface area contributed by atoms with Gasteiger partial charge in [0.25, 0.3) is 0 Å². The van der Waals surface area contributed by atoms with Crippen molar-refractivity contribution in [2.45, 2.75) is 0 Å². The quantitative estimate of drug-likeness (QED) is 0.179. The lowest BCUT2D eigenvalue weighted by Crippen LogP contribution is -2.03. The minimum Gasteiger partial charge on any atom is -0.308 e. The SMILES string of the molecule is c1ccc(-c2nc(-n3c4ccccc4c4cc(-c5cc6c7ccccc7n(-c7cccc8ccccc78)c6c6ccccc56)c5ccccc5c43)nc3ccccc23)cc1. The normalized spacial score (nSPS) is 12.0. The smallest absolute Gasteiger partial charge is 0.235 e. The Morgan fingerprint density at radius 1 is 0.317 bits per heavy atom. The first kappa shape index (κ1) is 32.9. The summed E-state index contributed by atoms with van der Waals surface area (Å²) in [5, 5.41) is 13.1. The van der Waals surface area contributed by atoms with Gasteiger partial charge in [0.2, 0.25) is 5.95 Å². The molecule has 10 aromatic carbocycles. The van der Waals surface area contributed by atoms with E-state index in [1.165, 1.54) is 70.9 Å². The van der Waals surface area contributed by atoms with Crippen LogP contribution < -0.4 is 0 Å². The molecule has 13 aromatic rings. The summed E-state index contributed by atoms with van der Waals surface area (Å²) in [6, 6.07) is 74.4. The molecule has 3 aromatic heterocycles. The molecule has 0 saturated carbocycles. The predicted molar refractivity (Wildman–Crippen MR) is 252 cm³/mol. The van der Waals surface area contributed by atoms with Crippen molar-refractivity contribution in [3.63, 3.8) is 0 Å².